The van der Waals surface area contributed by atoms with E-state index >= 15 is 0 Å². The van der Waals surface area contributed by atoms with E-state index in [1.807, 2.05) is 13.0 Å². The van der Waals surface area contributed by atoms with Crippen molar-refractivity contribution in [2.75, 3.05) is 6.54 Å². The molecule has 2 heterocycles. The fraction of sp³-hybridized carbons (Fsp3) is 0.533. The topological polar surface area (TPSA) is 63.8 Å². The second kappa shape index (κ2) is 6.61. The summed E-state index contributed by atoms with van der Waals surface area (Å²) < 4.78 is 5.47. The standard InChI is InChI=1S/C15H22N4O/c1-5-12(11(4)17-6-2)15-18-14(19-20-15)13-9-16-8-7-10(13)3/h7-9,11-12,17H,5-6H2,1-4H3. The molecule has 0 saturated carbocycles. The highest BCUT2D eigenvalue weighted by molar-refractivity contribution is 5.57. The van der Waals surface area contributed by atoms with Crippen LogP contribution in [0.25, 0.3) is 11.4 Å². The minimum Gasteiger partial charge on any atom is -0.339 e. The summed E-state index contributed by atoms with van der Waals surface area (Å²) in [6, 6.07) is 2.26. The third kappa shape index (κ3) is 3.04. The molecule has 0 aliphatic rings. The fourth-order valence-corrected chi connectivity index (χ4v) is 2.40. The third-order valence-corrected chi connectivity index (χ3v) is 3.61. The summed E-state index contributed by atoms with van der Waals surface area (Å²) in [6.07, 6.45) is 4.50. The molecular formula is C15H22N4O. The van der Waals surface area contributed by atoms with Gasteiger partial charge in [0.05, 0.1) is 5.92 Å². The van der Waals surface area contributed by atoms with Gasteiger partial charge >= 0.3 is 0 Å². The molecule has 2 aromatic heterocycles. The molecule has 0 aliphatic carbocycles. The molecule has 2 aromatic rings. The minimum atomic E-state index is 0.230. The molecule has 0 amide bonds. The zero-order valence-corrected chi connectivity index (χ0v) is 12.6. The van der Waals surface area contributed by atoms with Crippen LogP contribution < -0.4 is 5.32 Å². The largest absolute Gasteiger partial charge is 0.339 e. The number of hydrogen-bond donors (Lipinski definition) is 1. The van der Waals surface area contributed by atoms with Crippen molar-refractivity contribution in [3.63, 3.8) is 0 Å². The Balaban J connectivity index is 2.26. The van der Waals surface area contributed by atoms with Crippen molar-refractivity contribution >= 4 is 0 Å². The first-order valence-electron chi connectivity index (χ1n) is 7.15. The van der Waals surface area contributed by atoms with Gasteiger partial charge in [-0.05, 0) is 38.4 Å². The van der Waals surface area contributed by atoms with Crippen LogP contribution in [0, 0.1) is 6.92 Å². The fourth-order valence-electron chi connectivity index (χ4n) is 2.40. The maximum atomic E-state index is 5.47. The van der Waals surface area contributed by atoms with Crippen molar-refractivity contribution in [1.29, 1.82) is 0 Å². The lowest BCUT2D eigenvalue weighted by Crippen LogP contribution is -2.31. The highest BCUT2D eigenvalue weighted by Gasteiger charge is 2.23. The first-order chi connectivity index (χ1) is 9.67. The number of rotatable bonds is 6. The van der Waals surface area contributed by atoms with Crippen molar-refractivity contribution < 1.29 is 4.52 Å². The summed E-state index contributed by atoms with van der Waals surface area (Å²) in [5, 5.41) is 7.52. The van der Waals surface area contributed by atoms with Gasteiger partial charge in [0.25, 0.3) is 0 Å². The van der Waals surface area contributed by atoms with Gasteiger partial charge in [-0.15, -0.1) is 0 Å². The van der Waals surface area contributed by atoms with E-state index in [1.165, 1.54) is 0 Å². The van der Waals surface area contributed by atoms with Gasteiger partial charge < -0.3 is 9.84 Å². The van der Waals surface area contributed by atoms with Gasteiger partial charge in [-0.3, -0.25) is 4.98 Å². The van der Waals surface area contributed by atoms with E-state index in [0.717, 1.165) is 24.1 Å². The third-order valence-electron chi connectivity index (χ3n) is 3.61. The Kier molecular flexibility index (Phi) is 4.84. The maximum Gasteiger partial charge on any atom is 0.231 e. The normalized spacial score (nSPS) is 14.2. The van der Waals surface area contributed by atoms with E-state index in [4.69, 9.17) is 4.52 Å². The smallest absolute Gasteiger partial charge is 0.231 e. The Hall–Kier alpha value is -1.75. The Morgan fingerprint density at radius 1 is 1.35 bits per heavy atom. The van der Waals surface area contributed by atoms with E-state index in [0.29, 0.717) is 17.8 Å². The van der Waals surface area contributed by atoms with E-state index in [9.17, 15) is 0 Å². The van der Waals surface area contributed by atoms with E-state index in [1.54, 1.807) is 12.4 Å². The molecule has 0 aliphatic heterocycles. The lowest BCUT2D eigenvalue weighted by Gasteiger charge is -2.19. The number of pyridine rings is 1. The molecule has 108 valence electrons. The summed E-state index contributed by atoms with van der Waals surface area (Å²) in [5.74, 6) is 1.54. The average molecular weight is 274 g/mol. The number of aromatic nitrogens is 3. The zero-order valence-electron chi connectivity index (χ0n) is 12.6. The van der Waals surface area contributed by atoms with Gasteiger partial charge in [0.1, 0.15) is 0 Å². The van der Waals surface area contributed by atoms with Crippen LogP contribution in [0.5, 0.6) is 0 Å². The Bertz CT molecular complexity index is 552. The number of aryl methyl sites for hydroxylation is 1. The molecule has 0 bridgehead atoms. The van der Waals surface area contributed by atoms with Crippen LogP contribution >= 0.6 is 0 Å². The highest BCUT2D eigenvalue weighted by Crippen LogP contribution is 2.25. The van der Waals surface area contributed by atoms with Crippen LogP contribution in [-0.2, 0) is 0 Å². The lowest BCUT2D eigenvalue weighted by molar-refractivity contribution is 0.318. The quantitative estimate of drug-likeness (QED) is 0.877. The van der Waals surface area contributed by atoms with Crippen LogP contribution in [0.2, 0.25) is 0 Å². The van der Waals surface area contributed by atoms with Gasteiger partial charge in [0, 0.05) is 24.0 Å². The minimum absolute atomic E-state index is 0.230. The summed E-state index contributed by atoms with van der Waals surface area (Å²) >= 11 is 0. The summed E-state index contributed by atoms with van der Waals surface area (Å²) in [5.41, 5.74) is 2.02. The van der Waals surface area contributed by atoms with E-state index < -0.39 is 0 Å². The molecule has 5 heteroatoms. The van der Waals surface area contributed by atoms with Gasteiger partial charge in [0.2, 0.25) is 11.7 Å². The summed E-state index contributed by atoms with van der Waals surface area (Å²) in [7, 11) is 0. The molecule has 2 atom stereocenters. The predicted molar refractivity (Wildman–Crippen MR) is 78.4 cm³/mol. The monoisotopic (exact) mass is 274 g/mol. The number of nitrogens with zero attached hydrogens (tertiary/aromatic N) is 3. The Labute approximate surface area is 119 Å². The first-order valence-corrected chi connectivity index (χ1v) is 7.15. The number of hydrogen-bond acceptors (Lipinski definition) is 5. The van der Waals surface area contributed by atoms with Gasteiger partial charge in [0.15, 0.2) is 0 Å². The molecule has 0 radical (unpaired) electrons. The molecule has 0 aromatic carbocycles. The molecule has 2 unspecified atom stereocenters. The van der Waals surface area contributed by atoms with Crippen LogP contribution in [-0.4, -0.2) is 27.7 Å². The van der Waals surface area contributed by atoms with Crippen molar-refractivity contribution in [2.45, 2.75) is 46.1 Å². The van der Waals surface area contributed by atoms with Crippen LogP contribution in [0.4, 0.5) is 0 Å². The maximum absolute atomic E-state index is 5.47. The first kappa shape index (κ1) is 14.7. The predicted octanol–water partition coefficient (Wildman–Crippen LogP) is 2.93. The highest BCUT2D eigenvalue weighted by atomic mass is 16.5. The van der Waals surface area contributed by atoms with Crippen molar-refractivity contribution in [2.24, 2.45) is 0 Å². The molecule has 0 spiro atoms. The summed E-state index contributed by atoms with van der Waals surface area (Å²) in [4.78, 5) is 8.68. The van der Waals surface area contributed by atoms with Crippen molar-refractivity contribution in [3.05, 3.63) is 29.9 Å². The second-order valence-electron chi connectivity index (χ2n) is 5.01. The molecule has 5 nitrogen and oxygen atoms in total. The average Bonchev–Trinajstić information content (AvgIpc) is 2.90. The van der Waals surface area contributed by atoms with Gasteiger partial charge in [-0.2, -0.15) is 4.98 Å². The molecule has 0 saturated heterocycles. The van der Waals surface area contributed by atoms with Gasteiger partial charge in [-0.1, -0.05) is 19.0 Å². The van der Waals surface area contributed by atoms with E-state index in [-0.39, 0.29) is 5.92 Å². The van der Waals surface area contributed by atoms with Crippen LogP contribution in [0.3, 0.4) is 0 Å². The van der Waals surface area contributed by atoms with Crippen molar-refractivity contribution in [3.8, 4) is 11.4 Å². The second-order valence-corrected chi connectivity index (χ2v) is 5.01. The number of likely N-dealkylation sites (N-methyl/N-ethyl adjacent to an activating group) is 1. The van der Waals surface area contributed by atoms with Crippen molar-refractivity contribution in [1.82, 2.24) is 20.4 Å². The Morgan fingerprint density at radius 3 is 2.80 bits per heavy atom. The number of nitrogens with one attached hydrogen (secondary N) is 1. The summed E-state index contributed by atoms with van der Waals surface area (Å²) in [6.45, 7) is 9.34. The molecule has 2 rings (SSSR count). The van der Waals surface area contributed by atoms with Gasteiger partial charge in [-0.25, -0.2) is 0 Å². The molecule has 1 N–H and O–H groups in total. The zero-order chi connectivity index (χ0) is 14.5. The van der Waals surface area contributed by atoms with Crippen LogP contribution in [0.1, 0.15) is 44.6 Å². The molecule has 20 heavy (non-hydrogen) atoms. The van der Waals surface area contributed by atoms with Crippen LogP contribution in [0.15, 0.2) is 23.0 Å². The molecular weight excluding hydrogens is 252 g/mol. The lowest BCUT2D eigenvalue weighted by atomic mass is 9.98. The SMILES string of the molecule is CCNC(C)C(CC)c1nc(-c2cnccc2C)no1. The Morgan fingerprint density at radius 2 is 2.15 bits per heavy atom. The van der Waals surface area contributed by atoms with E-state index in [2.05, 4.69) is 41.2 Å². The molecule has 0 fully saturated rings.